The molecule has 0 amide bonds. The van der Waals surface area contributed by atoms with Crippen molar-refractivity contribution in [2.75, 3.05) is 0 Å². The van der Waals surface area contributed by atoms with Crippen molar-refractivity contribution in [3.8, 4) is 0 Å². The second-order valence-electron chi connectivity index (χ2n) is 12.0. The minimum Gasteiger partial charge on any atom is -0.363 e. The summed E-state index contributed by atoms with van der Waals surface area (Å²) >= 11 is 0. The van der Waals surface area contributed by atoms with Gasteiger partial charge in [0.1, 0.15) is 0 Å². The Bertz CT molecular complexity index is 509. The van der Waals surface area contributed by atoms with Crippen LogP contribution in [0.4, 0.5) is 0 Å². The van der Waals surface area contributed by atoms with Crippen LogP contribution in [-0.2, 0) is 19.6 Å². The van der Waals surface area contributed by atoms with Gasteiger partial charge in [-0.3, -0.25) is 0 Å². The minimum atomic E-state index is -1.30. The van der Waals surface area contributed by atoms with Gasteiger partial charge in [-0.2, -0.15) is 14.7 Å². The van der Waals surface area contributed by atoms with Crippen LogP contribution < -0.4 is 0 Å². The average Bonchev–Trinajstić information content (AvgIpc) is 2.38. The quantitative estimate of drug-likeness (QED) is 0.370. The average molecular weight is 387 g/mol. The lowest BCUT2D eigenvalue weighted by atomic mass is 9.70. The molecule has 4 unspecified atom stereocenters. The molecule has 0 aromatic carbocycles. The molecule has 160 valence electrons. The molecule has 4 atom stereocenters. The molecule has 2 aliphatic carbocycles. The van der Waals surface area contributed by atoms with Crippen LogP contribution in [0.3, 0.4) is 0 Å². The summed E-state index contributed by atoms with van der Waals surface area (Å²) in [6.45, 7) is 18.9. The molecule has 5 nitrogen and oxygen atoms in total. The van der Waals surface area contributed by atoms with Crippen LogP contribution in [-0.4, -0.2) is 22.3 Å². The zero-order chi connectivity index (χ0) is 20.7. The summed E-state index contributed by atoms with van der Waals surface area (Å²) in [5, 5.41) is 11.1. The third-order valence-electron chi connectivity index (χ3n) is 5.42. The normalized spacial score (nSPS) is 39.3. The third-order valence-corrected chi connectivity index (χ3v) is 5.42. The molecule has 2 rings (SSSR count). The van der Waals surface area contributed by atoms with Crippen molar-refractivity contribution in [2.45, 2.75) is 118 Å². The molecule has 0 heterocycles. The summed E-state index contributed by atoms with van der Waals surface area (Å²) in [5.41, 5.74) is -0.422. The summed E-state index contributed by atoms with van der Waals surface area (Å²) < 4.78 is 0. The van der Waals surface area contributed by atoms with Gasteiger partial charge >= 0.3 is 0 Å². The van der Waals surface area contributed by atoms with E-state index in [2.05, 4.69) is 41.5 Å². The first-order valence-corrected chi connectivity index (χ1v) is 10.5. The van der Waals surface area contributed by atoms with Crippen molar-refractivity contribution in [1.29, 1.82) is 0 Å². The van der Waals surface area contributed by atoms with Crippen LogP contribution in [0.2, 0.25) is 0 Å². The first-order valence-electron chi connectivity index (χ1n) is 10.5. The van der Waals surface area contributed by atoms with Crippen LogP contribution in [0.15, 0.2) is 0 Å². The van der Waals surface area contributed by atoms with Gasteiger partial charge in [0.2, 0.25) is 5.79 Å². The number of hydrogen-bond acceptors (Lipinski definition) is 5. The Balaban J connectivity index is 2.16. The van der Waals surface area contributed by atoms with Crippen molar-refractivity contribution in [3.63, 3.8) is 0 Å². The van der Waals surface area contributed by atoms with E-state index < -0.39 is 17.2 Å². The maximum absolute atomic E-state index is 11.1. The monoisotopic (exact) mass is 386 g/mol. The lowest BCUT2D eigenvalue weighted by Gasteiger charge is -2.48. The fourth-order valence-electron chi connectivity index (χ4n) is 5.43. The van der Waals surface area contributed by atoms with E-state index in [-0.39, 0.29) is 10.8 Å². The summed E-state index contributed by atoms with van der Waals surface area (Å²) in [6, 6.07) is 0. The highest BCUT2D eigenvalue weighted by Crippen LogP contribution is 2.49. The molecule has 0 aromatic heterocycles. The van der Waals surface area contributed by atoms with Crippen molar-refractivity contribution in [2.24, 2.45) is 22.7 Å². The topological polar surface area (TPSA) is 57.2 Å². The maximum atomic E-state index is 11.1. The van der Waals surface area contributed by atoms with E-state index in [0.29, 0.717) is 37.5 Å². The van der Waals surface area contributed by atoms with Crippen LogP contribution in [0, 0.1) is 22.7 Å². The lowest BCUT2D eigenvalue weighted by molar-refractivity contribution is -0.572. The molecular formula is C22H42O5. The van der Waals surface area contributed by atoms with Crippen molar-refractivity contribution >= 4 is 0 Å². The van der Waals surface area contributed by atoms with Gasteiger partial charge in [-0.05, 0) is 56.3 Å². The fourth-order valence-corrected chi connectivity index (χ4v) is 5.43. The van der Waals surface area contributed by atoms with Gasteiger partial charge in [0, 0.05) is 25.7 Å². The molecule has 0 bridgehead atoms. The predicted molar refractivity (Wildman–Crippen MR) is 105 cm³/mol. The van der Waals surface area contributed by atoms with E-state index in [1.54, 1.807) is 0 Å². The molecule has 0 aliphatic heterocycles. The number of rotatable bonds is 5. The highest BCUT2D eigenvalue weighted by atomic mass is 17.3. The van der Waals surface area contributed by atoms with E-state index in [4.69, 9.17) is 19.6 Å². The van der Waals surface area contributed by atoms with Gasteiger partial charge in [-0.1, -0.05) is 41.5 Å². The Morgan fingerprint density at radius 1 is 0.741 bits per heavy atom. The van der Waals surface area contributed by atoms with Gasteiger partial charge < -0.3 is 5.11 Å². The molecule has 5 heteroatoms. The first-order chi connectivity index (χ1) is 12.0. The highest BCUT2D eigenvalue weighted by molar-refractivity contribution is 4.90. The molecule has 0 radical (unpaired) electrons. The van der Waals surface area contributed by atoms with Gasteiger partial charge in [-0.25, -0.2) is 4.89 Å². The maximum Gasteiger partial charge on any atom is 0.234 e. The zero-order valence-corrected chi connectivity index (χ0v) is 19.0. The number of aliphatic hydroxyl groups is 1. The highest BCUT2D eigenvalue weighted by Gasteiger charge is 2.51. The standard InChI is InChI=1S/C22H42O5/c1-16-10-19(6,7)14-21(23,12-16)25-27-22(26-24-18(3,4)5)13-17(2)11-20(8,9)15-22/h16-17,23H,10-15H2,1-9H3. The molecule has 0 aromatic rings. The van der Waals surface area contributed by atoms with Crippen LogP contribution in [0.5, 0.6) is 0 Å². The van der Waals surface area contributed by atoms with E-state index in [1.807, 2.05) is 20.8 Å². The lowest BCUT2D eigenvalue weighted by Crippen LogP contribution is -2.51. The Morgan fingerprint density at radius 2 is 1.26 bits per heavy atom. The number of hydrogen-bond donors (Lipinski definition) is 1. The van der Waals surface area contributed by atoms with Crippen LogP contribution in [0.1, 0.15) is 101 Å². The van der Waals surface area contributed by atoms with E-state index in [9.17, 15) is 5.11 Å². The molecule has 1 N–H and O–H groups in total. The molecule has 0 saturated heterocycles. The minimum absolute atomic E-state index is 0.00480. The molecular weight excluding hydrogens is 344 g/mol. The Morgan fingerprint density at radius 3 is 1.74 bits per heavy atom. The van der Waals surface area contributed by atoms with Gasteiger partial charge in [0.25, 0.3) is 0 Å². The fraction of sp³-hybridized carbons (Fsp3) is 1.00. The molecule has 2 saturated carbocycles. The Kier molecular flexibility index (Phi) is 6.47. The summed E-state index contributed by atoms with van der Waals surface area (Å²) in [5.74, 6) is -1.55. The van der Waals surface area contributed by atoms with Gasteiger partial charge in [0.15, 0.2) is 5.79 Å². The Labute approximate surface area is 165 Å². The molecule has 2 aliphatic rings. The van der Waals surface area contributed by atoms with Crippen molar-refractivity contribution in [1.82, 2.24) is 0 Å². The molecule has 2 fully saturated rings. The summed E-state index contributed by atoms with van der Waals surface area (Å²) in [6.07, 6.45) is 4.57. The van der Waals surface area contributed by atoms with Crippen LogP contribution >= 0.6 is 0 Å². The zero-order valence-electron chi connectivity index (χ0n) is 19.0. The van der Waals surface area contributed by atoms with Crippen LogP contribution in [0.25, 0.3) is 0 Å². The van der Waals surface area contributed by atoms with Gasteiger partial charge in [-0.15, -0.1) is 0 Å². The SMILES string of the molecule is CC1CC(C)(C)CC(O)(OOC2(OOC(C)(C)C)CC(C)CC(C)(C)C2)C1. The predicted octanol–water partition coefficient (Wildman–Crippen LogP) is 5.76. The van der Waals surface area contributed by atoms with E-state index >= 15 is 0 Å². The van der Waals surface area contributed by atoms with Gasteiger partial charge in [0.05, 0.1) is 5.60 Å². The summed E-state index contributed by atoms with van der Waals surface area (Å²) in [4.78, 5) is 23.3. The summed E-state index contributed by atoms with van der Waals surface area (Å²) in [7, 11) is 0. The van der Waals surface area contributed by atoms with Crippen molar-refractivity contribution in [3.05, 3.63) is 0 Å². The molecule has 27 heavy (non-hydrogen) atoms. The third kappa shape index (κ3) is 6.97. The molecule has 0 spiro atoms. The second kappa shape index (κ2) is 7.56. The smallest absolute Gasteiger partial charge is 0.234 e. The van der Waals surface area contributed by atoms with Crippen molar-refractivity contribution < 1.29 is 24.7 Å². The second-order valence-corrected chi connectivity index (χ2v) is 12.0. The van der Waals surface area contributed by atoms with E-state index in [0.717, 1.165) is 12.8 Å². The Hall–Kier alpha value is -0.200. The van der Waals surface area contributed by atoms with E-state index in [1.165, 1.54) is 0 Å². The largest absolute Gasteiger partial charge is 0.363 e. The first kappa shape index (κ1) is 23.1.